The lowest BCUT2D eigenvalue weighted by Gasteiger charge is -2.27. The lowest BCUT2D eigenvalue weighted by Crippen LogP contribution is -2.38. The van der Waals surface area contributed by atoms with E-state index >= 15 is 0 Å². The van der Waals surface area contributed by atoms with Crippen molar-refractivity contribution in [3.05, 3.63) is 83.2 Å². The monoisotopic (exact) mass is 277 g/mol. The van der Waals surface area contributed by atoms with Gasteiger partial charge in [0.2, 0.25) is 0 Å². The fourth-order valence-electron chi connectivity index (χ4n) is 2.69. The van der Waals surface area contributed by atoms with Crippen LogP contribution in [0.5, 0.6) is 0 Å². The molecular formula is C19H21N2+. The van der Waals surface area contributed by atoms with E-state index in [4.69, 9.17) is 0 Å². The van der Waals surface area contributed by atoms with Gasteiger partial charge in [-0.25, -0.2) is 9.48 Å². The Morgan fingerprint density at radius 1 is 0.762 bits per heavy atom. The molecule has 3 rings (SSSR count). The van der Waals surface area contributed by atoms with E-state index in [0.29, 0.717) is 0 Å². The van der Waals surface area contributed by atoms with Crippen LogP contribution < -0.4 is 0 Å². The molecule has 0 amide bonds. The molecule has 0 saturated heterocycles. The first-order valence-corrected chi connectivity index (χ1v) is 7.35. The van der Waals surface area contributed by atoms with Gasteiger partial charge in [-0.2, -0.15) is 0 Å². The Kier molecular flexibility index (Phi) is 3.72. The summed E-state index contributed by atoms with van der Waals surface area (Å²) in [6.45, 7) is 6.12. The number of hydrogen-bond donors (Lipinski definition) is 0. The maximum absolute atomic E-state index is 4.33. The molecule has 0 aromatic heterocycles. The predicted octanol–water partition coefficient (Wildman–Crippen LogP) is 4.33. The molecule has 1 aliphatic heterocycles. The van der Waals surface area contributed by atoms with E-state index < -0.39 is 0 Å². The van der Waals surface area contributed by atoms with Gasteiger partial charge in [0.05, 0.1) is 6.20 Å². The van der Waals surface area contributed by atoms with E-state index in [1.54, 1.807) is 0 Å². The standard InChI is InChI=1S/C19H21N2/c1-16-3-7-18(8-4-16)13-21(12-11-20-15-21)14-19-9-5-17(2)6-10-19/h3-12,15H,13-14H2,1-2H3/q+1. The van der Waals surface area contributed by atoms with Gasteiger partial charge in [0, 0.05) is 11.1 Å². The third-order valence-corrected chi connectivity index (χ3v) is 3.94. The summed E-state index contributed by atoms with van der Waals surface area (Å²) in [5.74, 6) is 0. The lowest BCUT2D eigenvalue weighted by molar-refractivity contribution is -0.808. The van der Waals surface area contributed by atoms with Crippen molar-refractivity contribution < 1.29 is 4.48 Å². The average Bonchev–Trinajstić information content (AvgIpc) is 2.92. The minimum atomic E-state index is 0.756. The number of benzene rings is 2. The highest BCUT2D eigenvalue weighted by molar-refractivity contribution is 5.51. The minimum Gasteiger partial charge on any atom is -0.246 e. The summed E-state index contributed by atoms with van der Waals surface area (Å²) in [7, 11) is 0. The largest absolute Gasteiger partial charge is 0.246 e. The summed E-state index contributed by atoms with van der Waals surface area (Å²) in [5, 5.41) is 0. The molecule has 0 aliphatic carbocycles. The van der Waals surface area contributed by atoms with E-state index in [-0.39, 0.29) is 0 Å². The molecule has 0 bridgehead atoms. The van der Waals surface area contributed by atoms with Gasteiger partial charge in [-0.05, 0) is 13.8 Å². The van der Waals surface area contributed by atoms with Crippen LogP contribution in [0.4, 0.5) is 0 Å². The van der Waals surface area contributed by atoms with Crippen molar-refractivity contribution in [1.82, 2.24) is 0 Å². The Bertz CT molecular complexity index is 602. The predicted molar refractivity (Wildman–Crippen MR) is 87.7 cm³/mol. The number of nitrogens with zero attached hydrogens (tertiary/aromatic N) is 2. The molecule has 0 unspecified atom stereocenters. The Morgan fingerprint density at radius 3 is 1.62 bits per heavy atom. The molecule has 2 heteroatoms. The molecule has 0 saturated carbocycles. The zero-order valence-corrected chi connectivity index (χ0v) is 12.7. The van der Waals surface area contributed by atoms with Crippen LogP contribution >= 0.6 is 0 Å². The molecule has 2 aromatic carbocycles. The molecule has 106 valence electrons. The molecule has 0 spiro atoms. The van der Waals surface area contributed by atoms with Gasteiger partial charge in [0.15, 0.2) is 6.34 Å². The SMILES string of the molecule is Cc1ccc(C[N+]2(Cc3ccc(C)cc3)C=CN=C2)cc1. The Morgan fingerprint density at radius 2 is 1.24 bits per heavy atom. The summed E-state index contributed by atoms with van der Waals surface area (Å²) in [6, 6.07) is 17.6. The van der Waals surface area contributed by atoms with Gasteiger partial charge in [-0.15, -0.1) is 0 Å². The number of aliphatic imine (C=N–C) groups is 1. The van der Waals surface area contributed by atoms with Crippen molar-refractivity contribution >= 4 is 6.34 Å². The molecule has 2 nitrogen and oxygen atoms in total. The summed E-state index contributed by atoms with van der Waals surface area (Å²) >= 11 is 0. The van der Waals surface area contributed by atoms with Crippen molar-refractivity contribution in [2.75, 3.05) is 0 Å². The topological polar surface area (TPSA) is 12.4 Å². The Balaban J connectivity index is 1.83. The second-order valence-electron chi connectivity index (χ2n) is 5.95. The van der Waals surface area contributed by atoms with Gasteiger partial charge in [-0.3, -0.25) is 0 Å². The van der Waals surface area contributed by atoms with Crippen molar-refractivity contribution in [3.8, 4) is 0 Å². The number of rotatable bonds is 4. The molecule has 0 atom stereocenters. The van der Waals surface area contributed by atoms with E-state index in [1.807, 2.05) is 12.5 Å². The number of aryl methyl sites for hydroxylation is 2. The summed E-state index contributed by atoms with van der Waals surface area (Å²) in [6.07, 6.45) is 6.13. The first-order chi connectivity index (χ1) is 10.2. The molecule has 21 heavy (non-hydrogen) atoms. The third-order valence-electron chi connectivity index (χ3n) is 3.94. The van der Waals surface area contributed by atoms with Crippen LogP contribution in [0.3, 0.4) is 0 Å². The van der Waals surface area contributed by atoms with Crippen LogP contribution in [0.1, 0.15) is 22.3 Å². The quantitative estimate of drug-likeness (QED) is 0.737. The van der Waals surface area contributed by atoms with Crippen molar-refractivity contribution in [2.24, 2.45) is 4.99 Å². The first-order valence-electron chi connectivity index (χ1n) is 7.35. The fraction of sp³-hybridized carbons (Fsp3) is 0.211. The van der Waals surface area contributed by atoms with Gasteiger partial charge in [0.1, 0.15) is 19.3 Å². The van der Waals surface area contributed by atoms with Crippen molar-refractivity contribution in [1.29, 1.82) is 0 Å². The smallest absolute Gasteiger partial charge is 0.195 e. The van der Waals surface area contributed by atoms with Crippen molar-refractivity contribution in [3.63, 3.8) is 0 Å². The Labute approximate surface area is 126 Å². The van der Waals surface area contributed by atoms with Gasteiger partial charge >= 0.3 is 0 Å². The van der Waals surface area contributed by atoms with E-state index in [2.05, 4.69) is 73.6 Å². The van der Waals surface area contributed by atoms with Crippen LogP contribution in [-0.4, -0.2) is 10.8 Å². The van der Waals surface area contributed by atoms with Crippen LogP contribution in [0, 0.1) is 13.8 Å². The van der Waals surface area contributed by atoms with Gasteiger partial charge < -0.3 is 0 Å². The molecule has 2 aromatic rings. The first kappa shape index (κ1) is 13.8. The lowest BCUT2D eigenvalue weighted by atomic mass is 10.1. The fourth-order valence-corrected chi connectivity index (χ4v) is 2.69. The average molecular weight is 277 g/mol. The minimum absolute atomic E-state index is 0.756. The number of quaternary nitrogens is 1. The van der Waals surface area contributed by atoms with Gasteiger partial charge in [0.25, 0.3) is 0 Å². The maximum atomic E-state index is 4.33. The summed E-state index contributed by atoms with van der Waals surface area (Å²) in [5.41, 5.74) is 5.28. The highest BCUT2D eigenvalue weighted by Gasteiger charge is 2.27. The molecule has 0 radical (unpaired) electrons. The second kappa shape index (κ2) is 5.66. The zero-order valence-electron chi connectivity index (χ0n) is 12.7. The van der Waals surface area contributed by atoms with Crippen LogP contribution in [0.25, 0.3) is 0 Å². The number of hydrogen-bond acceptors (Lipinski definition) is 1. The molecule has 0 fully saturated rings. The molecular weight excluding hydrogens is 256 g/mol. The summed E-state index contributed by atoms with van der Waals surface area (Å²) in [4.78, 5) is 4.33. The molecule has 1 heterocycles. The summed E-state index contributed by atoms with van der Waals surface area (Å²) < 4.78 is 0.756. The zero-order chi connectivity index (χ0) is 14.7. The second-order valence-corrected chi connectivity index (χ2v) is 5.95. The van der Waals surface area contributed by atoms with E-state index in [1.165, 1.54) is 22.3 Å². The van der Waals surface area contributed by atoms with E-state index in [0.717, 1.165) is 17.6 Å². The van der Waals surface area contributed by atoms with Crippen LogP contribution in [0.15, 0.2) is 65.9 Å². The van der Waals surface area contributed by atoms with Crippen LogP contribution in [0.2, 0.25) is 0 Å². The van der Waals surface area contributed by atoms with Crippen molar-refractivity contribution in [2.45, 2.75) is 26.9 Å². The third kappa shape index (κ3) is 3.29. The maximum Gasteiger partial charge on any atom is 0.195 e. The molecule has 1 aliphatic rings. The van der Waals surface area contributed by atoms with E-state index in [9.17, 15) is 0 Å². The van der Waals surface area contributed by atoms with Gasteiger partial charge in [-0.1, -0.05) is 59.7 Å². The molecule has 0 N–H and O–H groups in total. The Hall–Kier alpha value is -2.19. The van der Waals surface area contributed by atoms with Crippen LogP contribution in [-0.2, 0) is 13.1 Å². The highest BCUT2D eigenvalue weighted by atomic mass is 15.4. The normalized spacial score (nSPS) is 15.5. The highest BCUT2D eigenvalue weighted by Crippen LogP contribution is 2.22.